The average Bonchev–Trinajstić information content (AvgIpc) is 1.58. The Kier molecular flexibility index (Phi) is 17.3. The minimum Gasteiger partial charge on any atom is -0.455 e. The summed E-state index contributed by atoms with van der Waals surface area (Å²) in [6.07, 6.45) is 5.13. The van der Waals surface area contributed by atoms with Gasteiger partial charge in [0.1, 0.15) is 16.7 Å². The van der Waals surface area contributed by atoms with E-state index in [0.29, 0.717) is 50.6 Å². The van der Waals surface area contributed by atoms with Crippen LogP contribution in [0.3, 0.4) is 0 Å². The maximum absolute atomic E-state index is 8.52. The van der Waals surface area contributed by atoms with Crippen LogP contribution < -0.4 is 5.59 Å². The summed E-state index contributed by atoms with van der Waals surface area (Å²) in [5.74, 6) is 3.76. The molecule has 7 heterocycles. The van der Waals surface area contributed by atoms with Gasteiger partial charge < -0.3 is 18.9 Å². The molecule has 13 nitrogen and oxygen atoms in total. The van der Waals surface area contributed by atoms with Gasteiger partial charge in [-0.05, 0) is 95.1 Å². The first-order valence-corrected chi connectivity index (χ1v) is 31.8. The van der Waals surface area contributed by atoms with E-state index in [-0.39, 0.29) is 5.59 Å². The Morgan fingerprint density at radius 2 is 0.660 bits per heavy atom. The van der Waals surface area contributed by atoms with E-state index in [2.05, 4.69) is 75.6 Å². The maximum atomic E-state index is 8.52. The van der Waals surface area contributed by atoms with Crippen LogP contribution in [0.25, 0.3) is 157 Å². The third-order valence-electron chi connectivity index (χ3n) is 16.3. The molecule has 16 heteroatoms. The minimum atomic E-state index is -1.45. The predicted octanol–water partition coefficient (Wildman–Crippen LogP) is 19.1. The van der Waals surface area contributed by atoms with E-state index >= 15 is 0 Å². The van der Waals surface area contributed by atoms with Crippen molar-refractivity contribution in [1.29, 1.82) is 0 Å². The molecule has 7 aromatic heterocycles. The summed E-state index contributed by atoms with van der Waals surface area (Å²) < 4.78 is 12.7. The summed E-state index contributed by atoms with van der Waals surface area (Å²) >= 11 is 12.8. The van der Waals surface area contributed by atoms with Gasteiger partial charge in [0.2, 0.25) is 0 Å². The molecule has 2 N–H and O–H groups in total. The second-order valence-corrected chi connectivity index (χ2v) is 23.4. The van der Waals surface area contributed by atoms with Gasteiger partial charge in [-0.15, -0.1) is 0 Å². The fourth-order valence-electron chi connectivity index (χ4n) is 11.7. The highest BCUT2D eigenvalue weighted by Crippen LogP contribution is 2.44. The Morgan fingerprint density at radius 3 is 1.05 bits per heavy atom. The Balaban J connectivity index is 0.000000143. The molecule has 0 radical (unpaired) electrons. The van der Waals surface area contributed by atoms with Gasteiger partial charge in [0, 0.05) is 89.7 Å². The standard InChI is InChI=1S/C43H27N5O.C33H19Cl2N3O.C5H6BNO2/c1-3-12-29(13-4-1)41-46-42(30-14-5-2-6-15-30)48-43(47-41)31-22-20-28(21-23-31)33-16-11-19-38-39(33)35-27-32(36-17-7-9-24-44-36)26-34(40(35)49-38)37-18-8-10-25-45-37;34-24-18-26-29-25(12-7-13-28(29)39-30(26)27(35)19-24)20-14-16-23(17-15-20)33-37-31(21-8-3-1-4-9-21)36-32(38-33)22-10-5-2-6-11-22;8-6(9)5-3-1-2-4-7-5/h1-27H;1-19H;1-4,8-9H. The number of nitrogens with zero attached hydrogens (tertiary/aromatic N) is 9. The quantitative estimate of drug-likeness (QED) is 0.117. The molecular weight excluding hydrogens is 1240 g/mol. The van der Waals surface area contributed by atoms with Gasteiger partial charge in [0.05, 0.1) is 22.0 Å². The monoisotopic (exact) mass is 1300 g/mol. The number of hydrogen-bond acceptors (Lipinski definition) is 13. The van der Waals surface area contributed by atoms with Crippen LogP contribution in [0, 0.1) is 0 Å². The lowest BCUT2D eigenvalue weighted by molar-refractivity contribution is 0.424. The van der Waals surface area contributed by atoms with Gasteiger partial charge in [0.25, 0.3) is 0 Å². The molecule has 10 aromatic carbocycles. The highest BCUT2D eigenvalue weighted by molar-refractivity contribution is 6.57. The lowest BCUT2D eigenvalue weighted by Gasteiger charge is -2.10. The van der Waals surface area contributed by atoms with Crippen LogP contribution in [0.5, 0.6) is 0 Å². The molecular formula is C81H52BCl2N9O4. The number of fused-ring (bicyclic) bond motifs is 6. The van der Waals surface area contributed by atoms with Crippen molar-refractivity contribution in [3.63, 3.8) is 0 Å². The molecule has 0 aliphatic heterocycles. The molecule has 0 unspecified atom stereocenters. The summed E-state index contributed by atoms with van der Waals surface area (Å²) in [5.41, 5.74) is 16.7. The lowest BCUT2D eigenvalue weighted by Crippen LogP contribution is -2.31. The fourth-order valence-corrected chi connectivity index (χ4v) is 12.2. The molecule has 17 rings (SSSR count). The van der Waals surface area contributed by atoms with E-state index in [1.54, 1.807) is 24.3 Å². The highest BCUT2D eigenvalue weighted by atomic mass is 35.5. The van der Waals surface area contributed by atoms with E-state index in [1.165, 1.54) is 6.20 Å². The van der Waals surface area contributed by atoms with E-state index < -0.39 is 7.12 Å². The van der Waals surface area contributed by atoms with Gasteiger partial charge in [0.15, 0.2) is 40.5 Å². The Hall–Kier alpha value is -12.2. The first-order valence-electron chi connectivity index (χ1n) is 31.1. The van der Waals surface area contributed by atoms with Gasteiger partial charge in [-0.3, -0.25) is 15.0 Å². The lowest BCUT2D eigenvalue weighted by atomic mass is 9.86. The van der Waals surface area contributed by atoms with Crippen LogP contribution in [0.2, 0.25) is 10.0 Å². The van der Waals surface area contributed by atoms with Crippen molar-refractivity contribution in [3.8, 4) is 113 Å². The molecule has 97 heavy (non-hydrogen) atoms. The van der Waals surface area contributed by atoms with Crippen molar-refractivity contribution < 1.29 is 18.9 Å². The first-order chi connectivity index (χ1) is 47.7. The molecule has 0 aliphatic carbocycles. The molecule has 0 saturated carbocycles. The number of halogens is 2. The molecule has 0 spiro atoms. The second kappa shape index (κ2) is 27.4. The second-order valence-electron chi connectivity index (χ2n) is 22.5. The Bertz CT molecular complexity index is 5500. The van der Waals surface area contributed by atoms with E-state index in [0.717, 1.165) is 116 Å². The zero-order chi connectivity index (χ0) is 65.6. The number of benzene rings is 10. The molecule has 462 valence electrons. The third-order valence-corrected chi connectivity index (χ3v) is 16.8. The van der Waals surface area contributed by atoms with Crippen molar-refractivity contribution in [2.45, 2.75) is 0 Å². The molecule has 0 amide bonds. The van der Waals surface area contributed by atoms with Crippen LogP contribution >= 0.6 is 23.2 Å². The molecule has 0 aliphatic rings. The number of rotatable bonds is 11. The first kappa shape index (κ1) is 61.0. The van der Waals surface area contributed by atoms with Gasteiger partial charge in [-0.25, -0.2) is 29.9 Å². The topological polar surface area (TPSA) is 183 Å². The van der Waals surface area contributed by atoms with E-state index in [1.807, 2.05) is 213 Å². The Morgan fingerprint density at radius 1 is 0.289 bits per heavy atom. The number of hydrogen-bond donors (Lipinski definition) is 2. The highest BCUT2D eigenvalue weighted by Gasteiger charge is 2.22. The summed E-state index contributed by atoms with van der Waals surface area (Å²) in [6, 6.07) is 93.5. The van der Waals surface area contributed by atoms with Gasteiger partial charge >= 0.3 is 7.12 Å². The maximum Gasteiger partial charge on any atom is 0.508 e. The number of furan rings is 2. The predicted molar refractivity (Wildman–Crippen MR) is 388 cm³/mol. The van der Waals surface area contributed by atoms with E-state index in [9.17, 15) is 0 Å². The number of pyridine rings is 3. The van der Waals surface area contributed by atoms with Crippen LogP contribution in [0.4, 0.5) is 0 Å². The van der Waals surface area contributed by atoms with Gasteiger partial charge in [-0.1, -0.05) is 236 Å². The summed E-state index contributed by atoms with van der Waals surface area (Å²) in [6.45, 7) is 0. The normalized spacial score (nSPS) is 11.1. The SMILES string of the molecule is Clc1cc(Cl)c2oc3cccc(-c4ccc(-c5nc(-c6ccccc6)nc(-c6ccccc6)n5)cc4)c3c2c1.OB(O)c1ccccn1.c1ccc(-c2nc(-c3ccccc3)nc(-c3ccc(-c4cccc5oc6c(-c7ccccn7)cc(-c7ccccn7)cc6c45)cc3)n2)cc1. The smallest absolute Gasteiger partial charge is 0.455 e. The molecule has 17 aromatic rings. The third kappa shape index (κ3) is 13.0. The largest absolute Gasteiger partial charge is 0.508 e. The Labute approximate surface area is 567 Å². The number of aromatic nitrogens is 9. The van der Waals surface area contributed by atoms with Crippen LogP contribution in [0.1, 0.15) is 0 Å². The van der Waals surface area contributed by atoms with Gasteiger partial charge in [-0.2, -0.15) is 0 Å². The van der Waals surface area contributed by atoms with Crippen molar-refractivity contribution in [2.75, 3.05) is 0 Å². The molecule has 0 fully saturated rings. The molecule has 0 atom stereocenters. The molecule has 0 saturated heterocycles. The zero-order valence-corrected chi connectivity index (χ0v) is 52.9. The zero-order valence-electron chi connectivity index (χ0n) is 51.4. The summed E-state index contributed by atoms with van der Waals surface area (Å²) in [7, 11) is -1.45. The summed E-state index contributed by atoms with van der Waals surface area (Å²) in [4.78, 5) is 42.1. The minimum absolute atomic E-state index is 0.275. The van der Waals surface area contributed by atoms with Crippen molar-refractivity contribution in [2.24, 2.45) is 0 Å². The van der Waals surface area contributed by atoms with Crippen LogP contribution in [0.15, 0.2) is 313 Å². The average molecular weight is 1300 g/mol. The van der Waals surface area contributed by atoms with Crippen molar-refractivity contribution in [3.05, 3.63) is 314 Å². The van der Waals surface area contributed by atoms with Crippen molar-refractivity contribution in [1.82, 2.24) is 44.9 Å². The van der Waals surface area contributed by atoms with E-state index in [4.69, 9.17) is 72.0 Å². The van der Waals surface area contributed by atoms with Crippen molar-refractivity contribution >= 4 is 79.8 Å². The van der Waals surface area contributed by atoms with Crippen LogP contribution in [-0.4, -0.2) is 62.0 Å². The van der Waals surface area contributed by atoms with Crippen LogP contribution in [-0.2, 0) is 0 Å². The fraction of sp³-hybridized carbons (Fsp3) is 0. The summed E-state index contributed by atoms with van der Waals surface area (Å²) in [5, 5.41) is 22.0. The molecule has 0 bridgehead atoms.